The number of pyridine rings is 1. The van der Waals surface area contributed by atoms with E-state index >= 15 is 4.39 Å². The van der Waals surface area contributed by atoms with Crippen LogP contribution in [0.2, 0.25) is 0 Å². The van der Waals surface area contributed by atoms with Crippen LogP contribution < -0.4 is 21.2 Å². The molecule has 1 fully saturated rings. The number of anilines is 1. The molecule has 1 unspecified atom stereocenters. The largest absolute Gasteiger partial charge is 0.354 e. The van der Waals surface area contributed by atoms with Gasteiger partial charge in [0, 0.05) is 54.7 Å². The predicted molar refractivity (Wildman–Crippen MR) is 187 cm³/mol. The number of hydrogen-bond donors (Lipinski definition) is 1. The Kier molecular flexibility index (Phi) is 8.59. The third-order valence-electron chi connectivity index (χ3n) is 9.50. The molecule has 6 rings (SSSR count). The summed E-state index contributed by atoms with van der Waals surface area (Å²) in [5, 5.41) is 4.61. The third-order valence-corrected chi connectivity index (χ3v) is 9.92. The fourth-order valence-electron chi connectivity index (χ4n) is 7.42. The van der Waals surface area contributed by atoms with Gasteiger partial charge in [-0.1, -0.05) is 20.4 Å². The molecule has 2 atom stereocenters. The molecule has 8 nitrogen and oxygen atoms in total. The summed E-state index contributed by atoms with van der Waals surface area (Å²) in [4.78, 5) is 40.3. The van der Waals surface area contributed by atoms with Gasteiger partial charge in [0.25, 0.3) is 0 Å². The summed E-state index contributed by atoms with van der Waals surface area (Å²) in [6.07, 6.45) is 4.41. The molecule has 0 bridgehead atoms. The van der Waals surface area contributed by atoms with Gasteiger partial charge in [-0.25, -0.2) is 9.18 Å². The average Bonchev–Trinajstić information content (AvgIpc) is 3.03. The van der Waals surface area contributed by atoms with Crippen molar-refractivity contribution in [1.82, 2.24) is 24.8 Å². The zero-order chi connectivity index (χ0) is 33.0. The highest BCUT2D eigenvalue weighted by atomic mass is 31.0. The zero-order valence-electron chi connectivity index (χ0n) is 27.5. The second-order valence-electron chi connectivity index (χ2n) is 12.9. The zero-order valence-corrected chi connectivity index (χ0v) is 28.7. The molecule has 1 aliphatic carbocycles. The Morgan fingerprint density at radius 3 is 2.59 bits per heavy atom. The van der Waals surface area contributed by atoms with Crippen LogP contribution in [0.1, 0.15) is 60.2 Å². The average molecular weight is 641 g/mol. The van der Waals surface area contributed by atoms with Gasteiger partial charge in [0.05, 0.1) is 16.9 Å². The highest BCUT2D eigenvalue weighted by Crippen LogP contribution is 2.44. The second-order valence-corrected chi connectivity index (χ2v) is 13.5. The van der Waals surface area contributed by atoms with Crippen molar-refractivity contribution in [2.24, 2.45) is 0 Å². The summed E-state index contributed by atoms with van der Waals surface area (Å²) in [6.45, 7) is 16.0. The first kappa shape index (κ1) is 32.0. The van der Waals surface area contributed by atoms with Crippen LogP contribution in [-0.4, -0.2) is 58.1 Å². The summed E-state index contributed by atoms with van der Waals surface area (Å²) in [5.41, 5.74) is 8.24. The molecule has 3 heterocycles. The topological polar surface area (TPSA) is 83.4 Å². The maximum absolute atomic E-state index is 16.3. The molecular formula is C36H42FN6O2P. The van der Waals surface area contributed by atoms with Gasteiger partial charge >= 0.3 is 5.69 Å². The van der Waals surface area contributed by atoms with E-state index in [9.17, 15) is 9.59 Å². The first-order chi connectivity index (χ1) is 22.0. The monoisotopic (exact) mass is 640 g/mol. The molecule has 1 amide bonds. The minimum atomic E-state index is -0.398. The number of carbonyl (C=O) groups is 1. The van der Waals surface area contributed by atoms with Crippen molar-refractivity contribution in [1.29, 1.82) is 0 Å². The quantitative estimate of drug-likeness (QED) is 0.239. The van der Waals surface area contributed by atoms with Crippen molar-refractivity contribution in [3.8, 4) is 16.8 Å². The molecule has 4 aromatic rings. The Bertz CT molecular complexity index is 1970. The van der Waals surface area contributed by atoms with Crippen molar-refractivity contribution in [2.75, 3.05) is 31.6 Å². The number of nitrogens with zero attached hydrogens (tertiary/aromatic N) is 5. The van der Waals surface area contributed by atoms with E-state index in [2.05, 4.69) is 45.9 Å². The number of halogens is 1. The highest BCUT2D eigenvalue weighted by Gasteiger charge is 2.33. The fraction of sp³-hybridized carbons (Fsp3) is 0.389. The molecule has 2 aromatic carbocycles. The lowest BCUT2D eigenvalue weighted by Gasteiger charge is -2.41. The maximum Gasteiger partial charge on any atom is 0.354 e. The van der Waals surface area contributed by atoms with Crippen LogP contribution in [0, 0.1) is 19.7 Å². The summed E-state index contributed by atoms with van der Waals surface area (Å²) >= 11 is 0. The Morgan fingerprint density at radius 1 is 1.17 bits per heavy atom. The lowest BCUT2D eigenvalue weighted by atomic mass is 9.79. The molecule has 1 aliphatic heterocycles. The molecule has 1 N–H and O–H groups in total. The van der Waals surface area contributed by atoms with Crippen molar-refractivity contribution in [2.45, 2.75) is 66.0 Å². The van der Waals surface area contributed by atoms with E-state index < -0.39 is 5.69 Å². The smallest absolute Gasteiger partial charge is 0.350 e. The number of carbonyl (C=O) groups excluding carboxylic acids is 1. The van der Waals surface area contributed by atoms with E-state index in [1.807, 2.05) is 40.0 Å². The number of rotatable bonds is 6. The number of aryl methyl sites for hydroxylation is 3. The van der Waals surface area contributed by atoms with Crippen LogP contribution >= 0.6 is 9.24 Å². The Morgan fingerprint density at radius 2 is 1.91 bits per heavy atom. The molecule has 2 aromatic heterocycles. The van der Waals surface area contributed by atoms with Gasteiger partial charge in [0.1, 0.15) is 11.6 Å². The van der Waals surface area contributed by atoms with Gasteiger partial charge in [0.15, 0.2) is 0 Å². The van der Waals surface area contributed by atoms with Gasteiger partial charge in [0.2, 0.25) is 5.91 Å². The van der Waals surface area contributed by atoms with Crippen molar-refractivity contribution in [3.63, 3.8) is 0 Å². The Labute approximate surface area is 271 Å². The molecule has 240 valence electrons. The second kappa shape index (κ2) is 12.3. The van der Waals surface area contributed by atoms with Gasteiger partial charge < -0.3 is 15.1 Å². The van der Waals surface area contributed by atoms with Gasteiger partial charge in [-0.05, 0) is 104 Å². The van der Waals surface area contributed by atoms with Gasteiger partial charge in [-0.2, -0.15) is 4.98 Å². The van der Waals surface area contributed by atoms with Gasteiger partial charge in [-0.3, -0.25) is 14.3 Å². The fourth-order valence-corrected chi connectivity index (χ4v) is 7.77. The first-order valence-corrected chi connectivity index (χ1v) is 16.5. The van der Waals surface area contributed by atoms with E-state index in [4.69, 9.17) is 9.97 Å². The Hall–Kier alpha value is -3.94. The van der Waals surface area contributed by atoms with Gasteiger partial charge in [-0.15, -0.1) is 9.24 Å². The molecule has 10 heteroatoms. The molecule has 0 radical (unpaired) electrons. The minimum Gasteiger partial charge on any atom is -0.350 e. The minimum absolute atomic E-state index is 0.0512. The number of benzene rings is 2. The lowest BCUT2D eigenvalue weighted by molar-refractivity contribution is -0.126. The summed E-state index contributed by atoms with van der Waals surface area (Å²) in [6, 6.07) is 5.82. The third kappa shape index (κ3) is 5.14. The Balaban J connectivity index is 1.72. The van der Waals surface area contributed by atoms with Crippen LogP contribution in [0.25, 0.3) is 27.7 Å². The molecule has 46 heavy (non-hydrogen) atoms. The molecule has 0 spiro atoms. The first-order valence-electron chi connectivity index (χ1n) is 16.0. The van der Waals surface area contributed by atoms with Crippen molar-refractivity contribution in [3.05, 3.63) is 86.9 Å². The molecule has 0 saturated carbocycles. The normalized spacial score (nSPS) is 16.2. The van der Waals surface area contributed by atoms with Crippen molar-refractivity contribution >= 4 is 37.2 Å². The highest BCUT2D eigenvalue weighted by molar-refractivity contribution is 7.27. The maximum atomic E-state index is 16.3. The number of fused-ring (bicyclic) bond motifs is 5. The molecule has 2 aliphatic rings. The lowest BCUT2D eigenvalue weighted by Crippen LogP contribution is -2.54. The number of nitrogens with one attached hydrogen (secondary N) is 1. The summed E-state index contributed by atoms with van der Waals surface area (Å²) in [5.74, 6) is 0.290. The number of amides is 1. The van der Waals surface area contributed by atoms with Crippen LogP contribution in [0.5, 0.6) is 0 Å². The molecular weight excluding hydrogens is 598 g/mol. The van der Waals surface area contributed by atoms with Crippen LogP contribution in [0.4, 0.5) is 10.2 Å². The van der Waals surface area contributed by atoms with Crippen LogP contribution in [0.15, 0.2) is 41.8 Å². The molecule has 1 saturated heterocycles. The number of piperazine rings is 1. The van der Waals surface area contributed by atoms with Crippen molar-refractivity contribution < 1.29 is 9.18 Å². The van der Waals surface area contributed by atoms with E-state index in [-0.39, 0.29) is 23.7 Å². The van der Waals surface area contributed by atoms with E-state index in [0.29, 0.717) is 55.7 Å². The predicted octanol–water partition coefficient (Wildman–Crippen LogP) is 4.87. The van der Waals surface area contributed by atoms with E-state index in [1.54, 1.807) is 15.7 Å². The van der Waals surface area contributed by atoms with Crippen LogP contribution in [0.3, 0.4) is 0 Å². The van der Waals surface area contributed by atoms with E-state index in [1.165, 1.54) is 6.08 Å². The number of hydrogen-bond acceptors (Lipinski definition) is 6. The van der Waals surface area contributed by atoms with Crippen LogP contribution in [-0.2, 0) is 24.2 Å². The van der Waals surface area contributed by atoms with E-state index in [0.717, 1.165) is 55.7 Å². The SMILES string of the molecule is C=CC(=O)N1CCN(c2nc(=O)n(-c3c(C)ccnc3C(C)C)c3c4c(c(C)cc23)-c2c(F)c(P)cc(CNC)c2CC4)[C@@H](C)C1. The summed E-state index contributed by atoms with van der Waals surface area (Å²) in [7, 11) is 4.47. The number of aromatic nitrogens is 3. The standard InChI is InChI=1S/C36H42FN6O2P/c1-8-28(44)41-13-14-42(22(6)18-41)35-26-15-21(5)29-25(10-9-24-23(17-38-7)16-27(46)31(37)30(24)29)34(26)43(36(45)40-35)33-20(4)11-12-39-32(33)19(2)3/h8,11-12,15-16,19,22,38H,1,9-10,13-14,17-18,46H2,2-7H3/t22-/m0/s1. The summed E-state index contributed by atoms with van der Waals surface area (Å²) < 4.78 is 18.0.